The minimum Gasteiger partial charge on any atom is -0.424 e. The maximum atomic E-state index is 5.45. The van der Waals surface area contributed by atoms with E-state index in [9.17, 15) is 0 Å². The second-order valence-electron chi connectivity index (χ2n) is 4.72. The van der Waals surface area contributed by atoms with E-state index in [-0.39, 0.29) is 0 Å². The first-order chi connectivity index (χ1) is 9.35. The van der Waals surface area contributed by atoms with Crippen molar-refractivity contribution in [3.8, 4) is 0 Å². The van der Waals surface area contributed by atoms with E-state index >= 15 is 0 Å². The number of aromatic amines is 1. The third-order valence-corrected chi connectivity index (χ3v) is 4.19. The molecular weight excluding hydrogens is 262 g/mol. The van der Waals surface area contributed by atoms with Crippen LogP contribution < -0.4 is 0 Å². The summed E-state index contributed by atoms with van der Waals surface area (Å²) in [6.07, 6.45) is 5.82. The molecule has 6 nitrogen and oxygen atoms in total. The molecule has 19 heavy (non-hydrogen) atoms. The Morgan fingerprint density at radius 1 is 1.26 bits per heavy atom. The average Bonchev–Trinajstić information content (AvgIpc) is 3.16. The zero-order chi connectivity index (χ0) is 13.1. The van der Waals surface area contributed by atoms with E-state index in [4.69, 9.17) is 4.42 Å². The molecular formula is C12H17N5OS. The summed E-state index contributed by atoms with van der Waals surface area (Å²) < 4.78 is 5.45. The molecule has 0 atom stereocenters. The number of thioether (sulfide) groups is 1. The maximum absolute atomic E-state index is 5.45. The van der Waals surface area contributed by atoms with Crippen molar-refractivity contribution < 1.29 is 4.42 Å². The third kappa shape index (κ3) is 2.97. The summed E-state index contributed by atoms with van der Waals surface area (Å²) in [7, 11) is 0. The van der Waals surface area contributed by atoms with Crippen LogP contribution in [-0.2, 0) is 12.2 Å². The van der Waals surface area contributed by atoms with Gasteiger partial charge in [-0.05, 0) is 12.8 Å². The Labute approximate surface area is 115 Å². The lowest BCUT2D eigenvalue weighted by atomic mass is 10.1. The van der Waals surface area contributed by atoms with E-state index in [2.05, 4.69) is 25.4 Å². The molecule has 0 unspecified atom stereocenters. The SMILES string of the molecule is CCc1nnc(CSc2n[nH]c(C3CCCC3)n2)o1. The lowest BCUT2D eigenvalue weighted by Gasteiger charge is -2.01. The fourth-order valence-electron chi connectivity index (χ4n) is 2.32. The molecule has 1 saturated carbocycles. The molecule has 2 aromatic heterocycles. The number of hydrogen-bond acceptors (Lipinski definition) is 6. The van der Waals surface area contributed by atoms with Gasteiger partial charge in [0.25, 0.3) is 0 Å². The summed E-state index contributed by atoms with van der Waals surface area (Å²) in [6.45, 7) is 1.99. The second kappa shape index (κ2) is 5.73. The van der Waals surface area contributed by atoms with Crippen molar-refractivity contribution in [2.75, 3.05) is 0 Å². The summed E-state index contributed by atoms with van der Waals surface area (Å²) in [4.78, 5) is 4.54. The van der Waals surface area contributed by atoms with Crippen molar-refractivity contribution in [3.05, 3.63) is 17.6 Å². The summed E-state index contributed by atoms with van der Waals surface area (Å²) in [5.41, 5.74) is 0. The van der Waals surface area contributed by atoms with E-state index in [0.717, 1.165) is 17.4 Å². The molecule has 1 aliphatic rings. The van der Waals surface area contributed by atoms with E-state index in [0.29, 0.717) is 23.5 Å². The lowest BCUT2D eigenvalue weighted by molar-refractivity contribution is 0.470. The molecule has 0 saturated heterocycles. The molecule has 0 amide bonds. The van der Waals surface area contributed by atoms with Gasteiger partial charge < -0.3 is 4.42 Å². The van der Waals surface area contributed by atoms with Crippen LogP contribution in [0.4, 0.5) is 0 Å². The molecule has 2 aromatic rings. The standard InChI is InChI=1S/C12H17N5OS/c1-2-9-14-15-10(18-9)7-19-12-13-11(16-17-12)8-5-3-4-6-8/h8H,2-7H2,1H3,(H,13,16,17). The number of H-pyrrole nitrogens is 1. The quantitative estimate of drug-likeness (QED) is 0.847. The predicted octanol–water partition coefficient (Wildman–Crippen LogP) is 2.70. The van der Waals surface area contributed by atoms with E-state index < -0.39 is 0 Å². The highest BCUT2D eigenvalue weighted by atomic mass is 32.2. The Morgan fingerprint density at radius 2 is 2.05 bits per heavy atom. The van der Waals surface area contributed by atoms with Crippen LogP contribution in [0.3, 0.4) is 0 Å². The van der Waals surface area contributed by atoms with Gasteiger partial charge in [0.05, 0.1) is 5.75 Å². The molecule has 7 heteroatoms. The van der Waals surface area contributed by atoms with Crippen molar-refractivity contribution in [1.82, 2.24) is 25.4 Å². The van der Waals surface area contributed by atoms with Crippen LogP contribution in [0.25, 0.3) is 0 Å². The van der Waals surface area contributed by atoms with Crippen LogP contribution in [-0.4, -0.2) is 25.4 Å². The zero-order valence-electron chi connectivity index (χ0n) is 10.9. The topological polar surface area (TPSA) is 80.5 Å². The number of hydrogen-bond donors (Lipinski definition) is 1. The monoisotopic (exact) mass is 279 g/mol. The largest absolute Gasteiger partial charge is 0.424 e. The number of aryl methyl sites for hydroxylation is 1. The first kappa shape index (κ1) is 12.7. The lowest BCUT2D eigenvalue weighted by Crippen LogP contribution is -1.94. The van der Waals surface area contributed by atoms with Gasteiger partial charge in [-0.1, -0.05) is 31.5 Å². The predicted molar refractivity (Wildman–Crippen MR) is 70.8 cm³/mol. The number of nitrogens with zero attached hydrogens (tertiary/aromatic N) is 4. The molecule has 1 aliphatic carbocycles. The van der Waals surface area contributed by atoms with Gasteiger partial charge in [-0.2, -0.15) is 0 Å². The summed E-state index contributed by atoms with van der Waals surface area (Å²) >= 11 is 1.53. The van der Waals surface area contributed by atoms with Gasteiger partial charge in [0.1, 0.15) is 5.82 Å². The minimum atomic E-state index is 0.567. The van der Waals surface area contributed by atoms with Gasteiger partial charge >= 0.3 is 0 Å². The molecule has 0 aromatic carbocycles. The van der Waals surface area contributed by atoms with Crippen LogP contribution >= 0.6 is 11.8 Å². The Bertz CT molecular complexity index is 532. The third-order valence-electron chi connectivity index (χ3n) is 3.36. The fourth-order valence-corrected chi connectivity index (χ4v) is 2.96. The molecule has 102 valence electrons. The number of rotatable bonds is 5. The Kier molecular flexibility index (Phi) is 3.82. The normalized spacial score (nSPS) is 16.3. The van der Waals surface area contributed by atoms with Gasteiger partial charge in [-0.25, -0.2) is 4.98 Å². The minimum absolute atomic E-state index is 0.567. The number of nitrogens with one attached hydrogen (secondary N) is 1. The highest BCUT2D eigenvalue weighted by molar-refractivity contribution is 7.98. The second-order valence-corrected chi connectivity index (χ2v) is 5.66. The van der Waals surface area contributed by atoms with E-state index in [1.165, 1.54) is 37.4 Å². The van der Waals surface area contributed by atoms with Crippen LogP contribution in [0.15, 0.2) is 9.57 Å². The zero-order valence-corrected chi connectivity index (χ0v) is 11.7. The Morgan fingerprint density at radius 3 is 2.79 bits per heavy atom. The molecule has 1 N–H and O–H groups in total. The van der Waals surface area contributed by atoms with Crippen LogP contribution in [0.1, 0.15) is 56.1 Å². The molecule has 2 heterocycles. The van der Waals surface area contributed by atoms with Crippen molar-refractivity contribution >= 4 is 11.8 Å². The first-order valence-electron chi connectivity index (χ1n) is 6.71. The van der Waals surface area contributed by atoms with Crippen molar-refractivity contribution in [2.45, 2.75) is 55.9 Å². The molecule has 3 rings (SSSR count). The molecule has 0 aliphatic heterocycles. The fraction of sp³-hybridized carbons (Fsp3) is 0.667. The molecule has 1 fully saturated rings. The Hall–Kier alpha value is -1.37. The van der Waals surface area contributed by atoms with Crippen molar-refractivity contribution in [2.24, 2.45) is 0 Å². The van der Waals surface area contributed by atoms with Gasteiger partial charge in [0, 0.05) is 12.3 Å². The molecule has 0 radical (unpaired) electrons. The summed E-state index contributed by atoms with van der Waals surface area (Å²) in [5, 5.41) is 16.0. The van der Waals surface area contributed by atoms with Crippen LogP contribution in [0, 0.1) is 0 Å². The van der Waals surface area contributed by atoms with Gasteiger partial charge in [-0.15, -0.1) is 15.3 Å². The van der Waals surface area contributed by atoms with Crippen molar-refractivity contribution in [3.63, 3.8) is 0 Å². The highest BCUT2D eigenvalue weighted by Gasteiger charge is 2.20. The highest BCUT2D eigenvalue weighted by Crippen LogP contribution is 2.32. The summed E-state index contributed by atoms with van der Waals surface area (Å²) in [6, 6.07) is 0. The van der Waals surface area contributed by atoms with Gasteiger partial charge in [0.15, 0.2) is 0 Å². The first-order valence-corrected chi connectivity index (χ1v) is 7.70. The Balaban J connectivity index is 1.57. The maximum Gasteiger partial charge on any atom is 0.226 e. The summed E-state index contributed by atoms with van der Waals surface area (Å²) in [5.74, 6) is 3.53. The number of aromatic nitrogens is 5. The van der Waals surface area contributed by atoms with Crippen molar-refractivity contribution in [1.29, 1.82) is 0 Å². The average molecular weight is 279 g/mol. The van der Waals surface area contributed by atoms with Crippen LogP contribution in [0.2, 0.25) is 0 Å². The smallest absolute Gasteiger partial charge is 0.226 e. The van der Waals surface area contributed by atoms with Gasteiger partial charge in [-0.3, -0.25) is 5.10 Å². The van der Waals surface area contributed by atoms with E-state index in [1.54, 1.807) is 0 Å². The van der Waals surface area contributed by atoms with Crippen LogP contribution in [0.5, 0.6) is 0 Å². The van der Waals surface area contributed by atoms with E-state index in [1.807, 2.05) is 6.92 Å². The molecule has 0 bridgehead atoms. The van der Waals surface area contributed by atoms with Gasteiger partial charge in [0.2, 0.25) is 16.9 Å². The molecule has 0 spiro atoms.